The predicted octanol–water partition coefficient (Wildman–Crippen LogP) is 4.35. The SMILES string of the molecule is COC(=O)Nc1ccc(S(=O)(=O)C(C)C)c([C@@H]2[C@@H](OC(=O)O)CCN2C(=O)[C@H](Nc2cccc(C(N)=O)c2)c2ccc(OC)c(OC)c2)c1. The van der Waals surface area contributed by atoms with Gasteiger partial charge in [0.25, 0.3) is 0 Å². The minimum absolute atomic E-state index is 0.0222. The molecule has 0 bridgehead atoms. The lowest BCUT2D eigenvalue weighted by atomic mass is 9.99. The smallest absolute Gasteiger partial charge is 0.493 e. The third kappa shape index (κ3) is 7.97. The van der Waals surface area contributed by atoms with Crippen LogP contribution in [0.1, 0.15) is 53.8 Å². The zero-order valence-corrected chi connectivity index (χ0v) is 28.3. The fraction of sp³-hybridized carbons (Fsp3) is 0.333. The Bertz CT molecular complexity index is 1850. The first-order chi connectivity index (χ1) is 23.2. The van der Waals surface area contributed by atoms with E-state index in [0.29, 0.717) is 22.7 Å². The lowest BCUT2D eigenvalue weighted by molar-refractivity contribution is -0.134. The van der Waals surface area contributed by atoms with Gasteiger partial charge in [-0.3, -0.25) is 14.9 Å². The van der Waals surface area contributed by atoms with Gasteiger partial charge in [0.2, 0.25) is 11.8 Å². The molecule has 49 heavy (non-hydrogen) atoms. The normalized spacial score (nSPS) is 16.4. The van der Waals surface area contributed by atoms with E-state index >= 15 is 0 Å². The van der Waals surface area contributed by atoms with Crippen molar-refractivity contribution in [2.45, 2.75) is 48.6 Å². The molecule has 5 N–H and O–H groups in total. The highest BCUT2D eigenvalue weighted by atomic mass is 32.2. The van der Waals surface area contributed by atoms with Crippen LogP contribution < -0.4 is 25.8 Å². The number of rotatable bonds is 12. The number of nitrogens with two attached hydrogens (primary N) is 1. The van der Waals surface area contributed by atoms with E-state index in [9.17, 15) is 32.7 Å². The topological polar surface area (TPSA) is 213 Å². The van der Waals surface area contributed by atoms with E-state index in [1.165, 1.54) is 63.3 Å². The first kappa shape index (κ1) is 36.3. The highest BCUT2D eigenvalue weighted by Crippen LogP contribution is 2.42. The molecule has 3 atom stereocenters. The number of nitrogens with one attached hydrogen (secondary N) is 2. The second-order valence-corrected chi connectivity index (χ2v) is 13.8. The summed E-state index contributed by atoms with van der Waals surface area (Å²) in [5.41, 5.74) is 6.58. The lowest BCUT2D eigenvalue weighted by Crippen LogP contribution is -2.40. The van der Waals surface area contributed by atoms with Gasteiger partial charge >= 0.3 is 12.2 Å². The predicted molar refractivity (Wildman–Crippen MR) is 178 cm³/mol. The van der Waals surface area contributed by atoms with Gasteiger partial charge in [0, 0.05) is 29.9 Å². The van der Waals surface area contributed by atoms with Crippen molar-refractivity contribution in [2.75, 3.05) is 38.5 Å². The number of benzene rings is 3. The Balaban J connectivity index is 1.92. The van der Waals surface area contributed by atoms with E-state index in [2.05, 4.69) is 10.6 Å². The first-order valence-corrected chi connectivity index (χ1v) is 16.6. The zero-order chi connectivity index (χ0) is 36.0. The average Bonchev–Trinajstić information content (AvgIpc) is 3.48. The molecule has 3 amide bonds. The van der Waals surface area contributed by atoms with Crippen LogP contribution in [0.25, 0.3) is 0 Å². The van der Waals surface area contributed by atoms with Gasteiger partial charge < -0.3 is 40.0 Å². The number of anilines is 2. The van der Waals surface area contributed by atoms with Crippen molar-refractivity contribution in [3.8, 4) is 11.5 Å². The van der Waals surface area contributed by atoms with Gasteiger partial charge in [-0.2, -0.15) is 0 Å². The standard InChI is InChI=1S/C33H38N4O11S/c1-18(2)49(43,44)27-12-10-22(36-32(40)47-5)17-23(27)29-25(48-33(41)42)13-14-37(29)31(39)28(19-9-11-24(45-3)26(16-19)46-4)35-21-8-6-7-20(15-21)30(34)38/h6-12,15-18,25,28-29,35H,13-14H2,1-5H3,(H2,34,38)(H,36,40)(H,41,42)/t25-,28+,29+/m0/s1. The number of methoxy groups -OCH3 is 3. The lowest BCUT2D eigenvalue weighted by Gasteiger charge is -2.33. The molecule has 1 heterocycles. The second-order valence-electron chi connectivity index (χ2n) is 11.3. The number of primary amides is 1. The molecule has 0 spiro atoms. The van der Waals surface area contributed by atoms with E-state index < -0.39 is 57.3 Å². The van der Waals surface area contributed by atoms with Crippen LogP contribution >= 0.6 is 0 Å². The van der Waals surface area contributed by atoms with Crippen LogP contribution in [0.5, 0.6) is 11.5 Å². The summed E-state index contributed by atoms with van der Waals surface area (Å²) < 4.78 is 48.1. The molecule has 1 fully saturated rings. The van der Waals surface area contributed by atoms with Crippen molar-refractivity contribution in [3.63, 3.8) is 0 Å². The van der Waals surface area contributed by atoms with E-state index in [1.54, 1.807) is 30.3 Å². The Morgan fingerprint density at radius 2 is 1.65 bits per heavy atom. The quantitative estimate of drug-likeness (QED) is 0.194. The average molecular weight is 699 g/mol. The fourth-order valence-corrected chi connectivity index (χ4v) is 6.86. The molecule has 1 saturated heterocycles. The molecule has 0 radical (unpaired) electrons. The van der Waals surface area contributed by atoms with Crippen LogP contribution in [0.3, 0.4) is 0 Å². The summed E-state index contributed by atoms with van der Waals surface area (Å²) in [6.45, 7) is 2.93. The summed E-state index contributed by atoms with van der Waals surface area (Å²) in [7, 11) is 0.0177. The molecule has 1 aliphatic heterocycles. The van der Waals surface area contributed by atoms with Crippen molar-refractivity contribution in [2.24, 2.45) is 5.73 Å². The number of nitrogens with zero attached hydrogens (tertiary/aromatic N) is 1. The maximum atomic E-state index is 14.8. The molecule has 0 unspecified atom stereocenters. The van der Waals surface area contributed by atoms with Gasteiger partial charge in [0.15, 0.2) is 21.3 Å². The maximum Gasteiger partial charge on any atom is 0.506 e. The van der Waals surface area contributed by atoms with Crippen LogP contribution in [0.2, 0.25) is 0 Å². The van der Waals surface area contributed by atoms with Crippen molar-refractivity contribution >= 4 is 45.3 Å². The number of carbonyl (C=O) groups excluding carboxylic acids is 3. The number of amides is 3. The summed E-state index contributed by atoms with van der Waals surface area (Å²) in [6.07, 6.45) is -3.63. The van der Waals surface area contributed by atoms with Gasteiger partial charge in [-0.15, -0.1) is 0 Å². The highest BCUT2D eigenvalue weighted by molar-refractivity contribution is 7.92. The third-order valence-corrected chi connectivity index (χ3v) is 10.2. The molecule has 4 rings (SSSR count). The van der Waals surface area contributed by atoms with Crippen LogP contribution in [0, 0.1) is 0 Å². The Labute approximate surface area is 283 Å². The molecule has 15 nitrogen and oxygen atoms in total. The molecule has 3 aromatic rings. The number of sulfone groups is 1. The molecule has 0 saturated carbocycles. The fourth-order valence-electron chi connectivity index (χ4n) is 5.59. The Kier molecular flexibility index (Phi) is 11.2. The van der Waals surface area contributed by atoms with Crippen molar-refractivity contribution in [3.05, 3.63) is 77.4 Å². The zero-order valence-electron chi connectivity index (χ0n) is 27.5. The van der Waals surface area contributed by atoms with Gasteiger partial charge in [-0.1, -0.05) is 12.1 Å². The summed E-state index contributed by atoms with van der Waals surface area (Å²) in [5, 5.41) is 14.4. The van der Waals surface area contributed by atoms with E-state index in [0.717, 1.165) is 7.11 Å². The molecule has 3 aromatic carbocycles. The van der Waals surface area contributed by atoms with Crippen molar-refractivity contribution in [1.29, 1.82) is 0 Å². The summed E-state index contributed by atoms with van der Waals surface area (Å²) in [5.74, 6) is -0.592. The summed E-state index contributed by atoms with van der Waals surface area (Å²) in [6, 6.07) is 12.5. The Hall–Kier alpha value is -5.51. The molecule has 262 valence electrons. The summed E-state index contributed by atoms with van der Waals surface area (Å²) in [4.78, 5) is 51.9. The number of ether oxygens (including phenoxy) is 4. The second kappa shape index (κ2) is 15.1. The molecule has 16 heteroatoms. The van der Waals surface area contributed by atoms with E-state index in [-0.39, 0.29) is 34.7 Å². The van der Waals surface area contributed by atoms with Gasteiger partial charge in [0.05, 0.1) is 37.5 Å². The Morgan fingerprint density at radius 1 is 0.939 bits per heavy atom. The van der Waals surface area contributed by atoms with Crippen LogP contribution in [-0.2, 0) is 24.1 Å². The minimum Gasteiger partial charge on any atom is -0.493 e. The van der Waals surface area contributed by atoms with Gasteiger partial charge in [-0.25, -0.2) is 18.0 Å². The minimum atomic E-state index is -4.02. The number of carboxylic acid groups (broad SMARTS) is 1. The molecular weight excluding hydrogens is 660 g/mol. The molecular formula is C33H38N4O11S. The van der Waals surface area contributed by atoms with Crippen LogP contribution in [-0.4, -0.2) is 81.7 Å². The number of carbonyl (C=O) groups is 4. The number of hydrogen-bond acceptors (Lipinski definition) is 11. The van der Waals surface area contributed by atoms with Gasteiger partial charge in [0.1, 0.15) is 12.1 Å². The molecule has 1 aliphatic rings. The number of hydrogen-bond donors (Lipinski definition) is 4. The van der Waals surface area contributed by atoms with Gasteiger partial charge in [-0.05, 0) is 73.5 Å². The number of likely N-dealkylation sites (tertiary alicyclic amines) is 1. The van der Waals surface area contributed by atoms with E-state index in [4.69, 9.17) is 24.7 Å². The van der Waals surface area contributed by atoms with Crippen molar-refractivity contribution in [1.82, 2.24) is 4.90 Å². The largest absolute Gasteiger partial charge is 0.506 e. The molecule has 0 aromatic heterocycles. The highest BCUT2D eigenvalue weighted by Gasteiger charge is 2.45. The third-order valence-electron chi connectivity index (χ3n) is 8.01. The van der Waals surface area contributed by atoms with Crippen LogP contribution in [0.4, 0.5) is 21.0 Å². The van der Waals surface area contributed by atoms with E-state index in [1.807, 2.05) is 0 Å². The Morgan fingerprint density at radius 3 is 2.27 bits per heavy atom. The monoisotopic (exact) mass is 698 g/mol. The first-order valence-electron chi connectivity index (χ1n) is 15.0. The maximum absolute atomic E-state index is 14.8. The van der Waals surface area contributed by atoms with Crippen LogP contribution in [0.15, 0.2) is 65.6 Å². The van der Waals surface area contributed by atoms with Crippen molar-refractivity contribution < 1.29 is 51.6 Å². The molecule has 0 aliphatic carbocycles. The summed E-state index contributed by atoms with van der Waals surface area (Å²) >= 11 is 0.